The van der Waals surface area contributed by atoms with E-state index in [1.54, 1.807) is 7.11 Å². The van der Waals surface area contributed by atoms with Gasteiger partial charge >= 0.3 is 5.97 Å². The molecule has 0 radical (unpaired) electrons. The smallest absolute Gasteiger partial charge is 0.338 e. The summed E-state index contributed by atoms with van der Waals surface area (Å²) in [5, 5.41) is 12.6. The molecule has 0 heterocycles. The molecule has 0 aromatic carbocycles. The van der Waals surface area contributed by atoms with E-state index in [1.807, 2.05) is 0 Å². The third-order valence-electron chi connectivity index (χ3n) is 2.17. The maximum atomic E-state index is 11.1. The Hall–Kier alpha value is -0.690. The molecule has 1 unspecified atom stereocenters. The van der Waals surface area contributed by atoms with Gasteiger partial charge in [0.2, 0.25) is 0 Å². The number of ether oxygens (including phenoxy) is 3. The van der Waals surface area contributed by atoms with Crippen LogP contribution in [-0.4, -0.2) is 63.8 Å². The Balaban J connectivity index is 3.42. The SMILES string of the molecule is COCCOCCCNCC(C)(O)C(=O)OC. The highest BCUT2D eigenvalue weighted by molar-refractivity contribution is 5.78. The van der Waals surface area contributed by atoms with Crippen LogP contribution in [0.3, 0.4) is 0 Å². The lowest BCUT2D eigenvalue weighted by Gasteiger charge is -2.20. The Morgan fingerprint density at radius 1 is 1.29 bits per heavy atom. The first-order valence-electron chi connectivity index (χ1n) is 5.63. The predicted octanol–water partition coefficient (Wildman–Crippen LogP) is -0.447. The number of nitrogens with one attached hydrogen (secondary N) is 1. The van der Waals surface area contributed by atoms with Gasteiger partial charge in [0.1, 0.15) is 0 Å². The topological polar surface area (TPSA) is 77.0 Å². The highest BCUT2D eigenvalue weighted by Gasteiger charge is 2.30. The number of hydrogen-bond donors (Lipinski definition) is 2. The van der Waals surface area contributed by atoms with Crippen molar-refractivity contribution in [3.63, 3.8) is 0 Å². The van der Waals surface area contributed by atoms with Crippen molar-refractivity contribution in [2.45, 2.75) is 18.9 Å². The van der Waals surface area contributed by atoms with E-state index >= 15 is 0 Å². The van der Waals surface area contributed by atoms with Crippen molar-refractivity contribution in [2.75, 3.05) is 47.1 Å². The van der Waals surface area contributed by atoms with E-state index in [0.717, 1.165) is 6.42 Å². The van der Waals surface area contributed by atoms with E-state index in [0.29, 0.717) is 26.4 Å². The summed E-state index contributed by atoms with van der Waals surface area (Å²) in [6, 6.07) is 0. The average Bonchev–Trinajstić information content (AvgIpc) is 2.31. The van der Waals surface area contributed by atoms with E-state index in [2.05, 4.69) is 10.1 Å². The number of esters is 1. The van der Waals surface area contributed by atoms with Gasteiger partial charge in [0.05, 0.1) is 20.3 Å². The number of carbonyl (C=O) groups excluding carboxylic acids is 1. The van der Waals surface area contributed by atoms with Crippen molar-refractivity contribution in [1.82, 2.24) is 5.32 Å². The minimum Gasteiger partial charge on any atom is -0.467 e. The molecule has 0 saturated heterocycles. The first kappa shape index (κ1) is 16.3. The number of aliphatic hydroxyl groups is 1. The van der Waals surface area contributed by atoms with Gasteiger partial charge in [0, 0.05) is 20.3 Å². The van der Waals surface area contributed by atoms with Crippen LogP contribution in [-0.2, 0) is 19.0 Å². The minimum absolute atomic E-state index is 0.164. The van der Waals surface area contributed by atoms with Gasteiger partial charge in [0.25, 0.3) is 0 Å². The first-order chi connectivity index (χ1) is 8.04. The summed E-state index contributed by atoms with van der Waals surface area (Å²) >= 11 is 0. The Kier molecular flexibility index (Phi) is 8.97. The molecule has 102 valence electrons. The van der Waals surface area contributed by atoms with Crippen LogP contribution in [0.15, 0.2) is 0 Å². The lowest BCUT2D eigenvalue weighted by atomic mass is 10.1. The zero-order valence-electron chi connectivity index (χ0n) is 10.8. The number of rotatable bonds is 10. The van der Waals surface area contributed by atoms with Crippen LogP contribution in [0.25, 0.3) is 0 Å². The maximum absolute atomic E-state index is 11.1. The van der Waals surface area contributed by atoms with Crippen LogP contribution in [0, 0.1) is 0 Å². The largest absolute Gasteiger partial charge is 0.467 e. The summed E-state index contributed by atoms with van der Waals surface area (Å²) in [6.45, 7) is 4.04. The minimum atomic E-state index is -1.48. The summed E-state index contributed by atoms with van der Waals surface area (Å²) in [7, 11) is 2.88. The van der Waals surface area contributed by atoms with Gasteiger partial charge in [-0.25, -0.2) is 4.79 Å². The summed E-state index contributed by atoms with van der Waals surface area (Å²) in [6.07, 6.45) is 0.807. The molecule has 0 saturated carbocycles. The van der Waals surface area contributed by atoms with Crippen molar-refractivity contribution in [1.29, 1.82) is 0 Å². The highest BCUT2D eigenvalue weighted by Crippen LogP contribution is 2.03. The van der Waals surface area contributed by atoms with Crippen LogP contribution in [0.4, 0.5) is 0 Å². The quantitative estimate of drug-likeness (QED) is 0.403. The second-order valence-electron chi connectivity index (χ2n) is 3.90. The number of carbonyl (C=O) groups is 1. The van der Waals surface area contributed by atoms with Crippen LogP contribution in [0.2, 0.25) is 0 Å². The molecule has 0 bridgehead atoms. The van der Waals surface area contributed by atoms with E-state index in [4.69, 9.17) is 9.47 Å². The zero-order chi connectivity index (χ0) is 13.1. The number of methoxy groups -OCH3 is 2. The molecular weight excluding hydrogens is 226 g/mol. The van der Waals surface area contributed by atoms with Gasteiger partial charge in [0.15, 0.2) is 5.60 Å². The van der Waals surface area contributed by atoms with Gasteiger partial charge in [-0.15, -0.1) is 0 Å². The number of hydrogen-bond acceptors (Lipinski definition) is 6. The van der Waals surface area contributed by atoms with Gasteiger partial charge in [-0.05, 0) is 19.9 Å². The lowest BCUT2D eigenvalue weighted by Crippen LogP contribution is -2.45. The van der Waals surface area contributed by atoms with E-state index in [1.165, 1.54) is 14.0 Å². The lowest BCUT2D eigenvalue weighted by molar-refractivity contribution is -0.159. The molecule has 17 heavy (non-hydrogen) atoms. The molecule has 0 aliphatic carbocycles. The van der Waals surface area contributed by atoms with Crippen LogP contribution >= 0.6 is 0 Å². The fourth-order valence-electron chi connectivity index (χ4n) is 1.17. The normalized spacial score (nSPS) is 14.4. The standard InChI is InChI=1S/C11H23NO5/c1-11(14,10(13)16-3)9-12-5-4-6-17-8-7-15-2/h12,14H,4-9H2,1-3H3. The fraction of sp³-hybridized carbons (Fsp3) is 0.909. The molecule has 0 aromatic heterocycles. The van der Waals surface area contributed by atoms with Crippen molar-refractivity contribution < 1.29 is 24.1 Å². The van der Waals surface area contributed by atoms with Crippen molar-refractivity contribution >= 4 is 5.97 Å². The van der Waals surface area contributed by atoms with Crippen molar-refractivity contribution in [3.05, 3.63) is 0 Å². The molecule has 0 fully saturated rings. The molecule has 0 aliphatic heterocycles. The van der Waals surface area contributed by atoms with Gasteiger partial charge in [-0.2, -0.15) is 0 Å². The van der Waals surface area contributed by atoms with E-state index < -0.39 is 11.6 Å². The molecule has 1 atom stereocenters. The summed E-state index contributed by atoms with van der Waals surface area (Å²) < 4.78 is 14.6. The monoisotopic (exact) mass is 249 g/mol. The summed E-state index contributed by atoms with van der Waals surface area (Å²) in [5.74, 6) is -0.638. The van der Waals surface area contributed by atoms with Crippen LogP contribution in [0.5, 0.6) is 0 Å². The van der Waals surface area contributed by atoms with Crippen molar-refractivity contribution in [2.24, 2.45) is 0 Å². The van der Waals surface area contributed by atoms with E-state index in [9.17, 15) is 9.90 Å². The molecule has 0 aliphatic rings. The Labute approximate surface area is 102 Å². The second-order valence-corrected chi connectivity index (χ2v) is 3.90. The molecule has 0 spiro atoms. The molecule has 6 heteroatoms. The predicted molar refractivity (Wildman–Crippen MR) is 62.8 cm³/mol. The first-order valence-corrected chi connectivity index (χ1v) is 5.63. The molecule has 0 amide bonds. The van der Waals surface area contributed by atoms with Gasteiger partial charge in [-0.1, -0.05) is 0 Å². The van der Waals surface area contributed by atoms with Crippen LogP contribution < -0.4 is 5.32 Å². The summed E-state index contributed by atoms with van der Waals surface area (Å²) in [4.78, 5) is 11.1. The highest BCUT2D eigenvalue weighted by atomic mass is 16.5. The molecule has 0 rings (SSSR count). The average molecular weight is 249 g/mol. The van der Waals surface area contributed by atoms with Gasteiger partial charge in [-0.3, -0.25) is 0 Å². The molecular formula is C11H23NO5. The zero-order valence-corrected chi connectivity index (χ0v) is 10.8. The molecule has 2 N–H and O–H groups in total. The molecule has 0 aromatic rings. The maximum Gasteiger partial charge on any atom is 0.338 e. The Morgan fingerprint density at radius 2 is 2.00 bits per heavy atom. The Bertz CT molecular complexity index is 208. The Morgan fingerprint density at radius 3 is 2.59 bits per heavy atom. The van der Waals surface area contributed by atoms with Crippen LogP contribution in [0.1, 0.15) is 13.3 Å². The second kappa shape index (κ2) is 9.35. The third kappa shape index (κ3) is 8.09. The van der Waals surface area contributed by atoms with Crippen molar-refractivity contribution in [3.8, 4) is 0 Å². The fourth-order valence-corrected chi connectivity index (χ4v) is 1.17. The third-order valence-corrected chi connectivity index (χ3v) is 2.17. The van der Waals surface area contributed by atoms with Gasteiger partial charge < -0.3 is 24.6 Å². The van der Waals surface area contributed by atoms with E-state index in [-0.39, 0.29) is 6.54 Å². The molecule has 6 nitrogen and oxygen atoms in total. The summed E-state index contributed by atoms with van der Waals surface area (Å²) in [5.41, 5.74) is -1.48.